The molecule has 0 radical (unpaired) electrons. The highest BCUT2D eigenvalue weighted by molar-refractivity contribution is 5.36. The highest BCUT2D eigenvalue weighted by atomic mass is 16.3. The first-order chi connectivity index (χ1) is 7.28. The Balaban J connectivity index is 1.94. The lowest BCUT2D eigenvalue weighted by atomic mass is 10.1. The molecule has 0 unspecified atom stereocenters. The maximum atomic E-state index is 9.88. The molecule has 1 fully saturated rings. The number of aromatic nitrogens is 3. The molecular weight excluding hydrogens is 190 g/mol. The summed E-state index contributed by atoms with van der Waals surface area (Å²) in [6, 6.07) is 7.72. The molecule has 3 rings (SSSR count). The second kappa shape index (κ2) is 2.90. The Bertz CT molecular complexity index is 457. The highest BCUT2D eigenvalue weighted by Crippen LogP contribution is 2.45. The smallest absolute Gasteiger partial charge is 0.0899 e. The average Bonchev–Trinajstić information content (AvgIpc) is 2.84. The summed E-state index contributed by atoms with van der Waals surface area (Å²) in [6.07, 6.45) is 5.02. The molecule has 1 N–H and O–H groups in total. The first-order valence-corrected chi connectivity index (χ1v) is 4.98. The standard InChI is InChI=1S/C11H11N3O/c15-11(5-6-11)9-1-3-10(4-2-9)14-12-7-8-13-14/h1-4,7-8,15H,5-6H2. The average molecular weight is 201 g/mol. The first-order valence-electron chi connectivity index (χ1n) is 4.98. The van der Waals surface area contributed by atoms with Crippen LogP contribution in [0.25, 0.3) is 5.69 Å². The first kappa shape index (κ1) is 8.61. The Morgan fingerprint density at radius 3 is 2.20 bits per heavy atom. The van der Waals surface area contributed by atoms with Gasteiger partial charge in [0.25, 0.3) is 0 Å². The van der Waals surface area contributed by atoms with Crippen LogP contribution in [0.2, 0.25) is 0 Å². The summed E-state index contributed by atoms with van der Waals surface area (Å²) in [5, 5.41) is 18.0. The van der Waals surface area contributed by atoms with E-state index in [0.717, 1.165) is 24.1 Å². The predicted octanol–water partition coefficient (Wildman–Crippen LogP) is 1.25. The Morgan fingerprint density at radius 1 is 1.07 bits per heavy atom. The molecule has 4 heteroatoms. The normalized spacial score (nSPS) is 17.7. The van der Waals surface area contributed by atoms with Crippen molar-refractivity contribution >= 4 is 0 Å². The fourth-order valence-corrected chi connectivity index (χ4v) is 1.66. The van der Waals surface area contributed by atoms with E-state index in [0.29, 0.717) is 0 Å². The summed E-state index contributed by atoms with van der Waals surface area (Å²) in [7, 11) is 0. The van der Waals surface area contributed by atoms with Crippen molar-refractivity contribution in [2.24, 2.45) is 0 Å². The zero-order chi connectivity index (χ0) is 10.3. The molecule has 1 aromatic heterocycles. The second-order valence-electron chi connectivity index (χ2n) is 3.90. The Hall–Kier alpha value is -1.68. The molecule has 1 aliphatic carbocycles. The molecule has 0 spiro atoms. The van der Waals surface area contributed by atoms with E-state index in [1.807, 2.05) is 24.3 Å². The number of hydrogen-bond donors (Lipinski definition) is 1. The molecule has 0 atom stereocenters. The summed E-state index contributed by atoms with van der Waals surface area (Å²) in [5.41, 5.74) is 1.34. The molecule has 0 amide bonds. The van der Waals surface area contributed by atoms with Gasteiger partial charge in [-0.25, -0.2) is 0 Å². The van der Waals surface area contributed by atoms with Gasteiger partial charge in [0.15, 0.2) is 0 Å². The van der Waals surface area contributed by atoms with Crippen LogP contribution in [0, 0.1) is 0 Å². The van der Waals surface area contributed by atoms with Crippen LogP contribution in [-0.4, -0.2) is 20.1 Å². The fraction of sp³-hybridized carbons (Fsp3) is 0.273. The van der Waals surface area contributed by atoms with E-state index >= 15 is 0 Å². The molecule has 1 aliphatic rings. The Morgan fingerprint density at radius 2 is 1.67 bits per heavy atom. The molecule has 15 heavy (non-hydrogen) atoms. The van der Waals surface area contributed by atoms with Gasteiger partial charge < -0.3 is 5.11 Å². The van der Waals surface area contributed by atoms with Crippen LogP contribution in [0.15, 0.2) is 36.7 Å². The number of rotatable bonds is 2. The Labute approximate surface area is 87.2 Å². The fourth-order valence-electron chi connectivity index (χ4n) is 1.66. The lowest BCUT2D eigenvalue weighted by Crippen LogP contribution is -2.05. The summed E-state index contributed by atoms with van der Waals surface area (Å²) in [5.74, 6) is 0. The van der Waals surface area contributed by atoms with Crippen LogP contribution in [0.4, 0.5) is 0 Å². The van der Waals surface area contributed by atoms with Crippen molar-refractivity contribution in [3.05, 3.63) is 42.2 Å². The minimum atomic E-state index is -0.559. The molecule has 0 saturated heterocycles. The van der Waals surface area contributed by atoms with Crippen LogP contribution in [0.1, 0.15) is 18.4 Å². The second-order valence-corrected chi connectivity index (χ2v) is 3.90. The largest absolute Gasteiger partial charge is 0.385 e. The number of nitrogens with zero attached hydrogens (tertiary/aromatic N) is 3. The maximum Gasteiger partial charge on any atom is 0.0899 e. The van der Waals surface area contributed by atoms with E-state index in [-0.39, 0.29) is 0 Å². The third-order valence-corrected chi connectivity index (χ3v) is 2.78. The molecule has 1 saturated carbocycles. The van der Waals surface area contributed by atoms with E-state index in [9.17, 15) is 5.11 Å². The lowest BCUT2D eigenvalue weighted by Gasteiger charge is -2.08. The lowest BCUT2D eigenvalue weighted by molar-refractivity contribution is 0.151. The van der Waals surface area contributed by atoms with Crippen LogP contribution in [0.5, 0.6) is 0 Å². The van der Waals surface area contributed by atoms with E-state index < -0.39 is 5.60 Å². The van der Waals surface area contributed by atoms with E-state index in [2.05, 4.69) is 10.2 Å². The molecular formula is C11H11N3O. The molecule has 76 valence electrons. The van der Waals surface area contributed by atoms with Crippen molar-refractivity contribution in [3.8, 4) is 5.69 Å². The van der Waals surface area contributed by atoms with Gasteiger partial charge in [-0.3, -0.25) is 0 Å². The molecule has 1 heterocycles. The zero-order valence-corrected chi connectivity index (χ0v) is 8.17. The van der Waals surface area contributed by atoms with Gasteiger partial charge in [-0.2, -0.15) is 15.0 Å². The number of benzene rings is 1. The zero-order valence-electron chi connectivity index (χ0n) is 8.17. The summed E-state index contributed by atoms with van der Waals surface area (Å²) >= 11 is 0. The summed E-state index contributed by atoms with van der Waals surface area (Å²) < 4.78 is 0. The topological polar surface area (TPSA) is 50.9 Å². The molecule has 0 aliphatic heterocycles. The van der Waals surface area contributed by atoms with Crippen molar-refractivity contribution in [1.29, 1.82) is 0 Å². The molecule has 4 nitrogen and oxygen atoms in total. The summed E-state index contributed by atoms with van der Waals surface area (Å²) in [4.78, 5) is 1.56. The maximum absolute atomic E-state index is 9.88. The number of hydrogen-bond acceptors (Lipinski definition) is 3. The minimum absolute atomic E-state index is 0.559. The van der Waals surface area contributed by atoms with Gasteiger partial charge in [-0.15, -0.1) is 0 Å². The summed E-state index contributed by atoms with van der Waals surface area (Å²) in [6.45, 7) is 0. The van der Waals surface area contributed by atoms with Gasteiger partial charge in [0.05, 0.1) is 23.7 Å². The quantitative estimate of drug-likeness (QED) is 0.795. The minimum Gasteiger partial charge on any atom is -0.385 e. The van der Waals surface area contributed by atoms with Crippen LogP contribution in [-0.2, 0) is 5.60 Å². The molecule has 1 aromatic carbocycles. The monoisotopic (exact) mass is 201 g/mol. The van der Waals surface area contributed by atoms with Gasteiger partial charge in [0, 0.05) is 0 Å². The third-order valence-electron chi connectivity index (χ3n) is 2.78. The highest BCUT2D eigenvalue weighted by Gasteiger charge is 2.41. The molecule has 2 aromatic rings. The van der Waals surface area contributed by atoms with Crippen LogP contribution in [0.3, 0.4) is 0 Å². The van der Waals surface area contributed by atoms with Gasteiger partial charge in [-0.1, -0.05) is 12.1 Å². The van der Waals surface area contributed by atoms with Crippen molar-refractivity contribution in [2.75, 3.05) is 0 Å². The van der Waals surface area contributed by atoms with Crippen molar-refractivity contribution in [3.63, 3.8) is 0 Å². The molecule has 0 bridgehead atoms. The van der Waals surface area contributed by atoms with Crippen molar-refractivity contribution < 1.29 is 5.11 Å². The van der Waals surface area contributed by atoms with Gasteiger partial charge in [0.1, 0.15) is 0 Å². The van der Waals surface area contributed by atoms with Gasteiger partial charge in [0.2, 0.25) is 0 Å². The Kier molecular flexibility index (Phi) is 1.67. The SMILES string of the molecule is OC1(c2ccc(-n3nccn3)cc2)CC1. The van der Waals surface area contributed by atoms with Crippen LogP contribution < -0.4 is 0 Å². The number of aliphatic hydroxyl groups is 1. The van der Waals surface area contributed by atoms with E-state index in [4.69, 9.17) is 0 Å². The predicted molar refractivity (Wildman–Crippen MR) is 54.5 cm³/mol. The third kappa shape index (κ3) is 1.43. The van der Waals surface area contributed by atoms with Crippen molar-refractivity contribution in [1.82, 2.24) is 15.0 Å². The van der Waals surface area contributed by atoms with Gasteiger partial charge in [-0.05, 0) is 30.5 Å². The van der Waals surface area contributed by atoms with E-state index in [1.54, 1.807) is 17.2 Å². The van der Waals surface area contributed by atoms with Crippen LogP contribution >= 0.6 is 0 Å². The van der Waals surface area contributed by atoms with E-state index in [1.165, 1.54) is 0 Å². The van der Waals surface area contributed by atoms with Gasteiger partial charge >= 0.3 is 0 Å². The van der Waals surface area contributed by atoms with Crippen molar-refractivity contribution in [2.45, 2.75) is 18.4 Å².